The molecule has 11 heavy (non-hydrogen) atoms. The molecule has 1 fully saturated rings. The topological polar surface area (TPSA) is 26.0 Å². The lowest BCUT2D eigenvalue weighted by Gasteiger charge is -2.38. The second-order valence-corrected chi connectivity index (χ2v) is 4.39. The molecule has 1 rings (SSSR count). The summed E-state index contributed by atoms with van der Waals surface area (Å²) in [6.45, 7) is 3.42. The first-order valence-corrected chi connectivity index (χ1v) is 4.79. The number of quaternary nitrogens is 1. The van der Waals surface area contributed by atoms with Crippen LogP contribution in [0.4, 0.5) is 0 Å². The van der Waals surface area contributed by atoms with Crippen molar-refractivity contribution in [1.29, 1.82) is 0 Å². The molecule has 0 amide bonds. The minimum absolute atomic E-state index is 0.168. The Morgan fingerprint density at radius 3 is 2.36 bits per heavy atom. The molecule has 0 spiro atoms. The summed E-state index contributed by atoms with van der Waals surface area (Å²) >= 11 is 5.76. The standard InChI is InChI=1S/C8H18ClN2/c1-11(7-8(9)10)5-3-2-4-6-11/h8H,2-7,10H2,1H3/q+1. The Labute approximate surface area is 73.9 Å². The van der Waals surface area contributed by atoms with Crippen LogP contribution in [0.5, 0.6) is 0 Å². The van der Waals surface area contributed by atoms with E-state index in [0.717, 1.165) is 11.0 Å². The molecular formula is C8H18ClN2+. The Kier molecular flexibility index (Phi) is 3.16. The molecule has 0 aromatic rings. The zero-order valence-corrected chi connectivity index (χ0v) is 7.98. The first-order chi connectivity index (χ1) is 5.12. The Bertz CT molecular complexity index is 119. The van der Waals surface area contributed by atoms with Crippen LogP contribution in [0.2, 0.25) is 0 Å². The van der Waals surface area contributed by atoms with Crippen LogP contribution in [0.15, 0.2) is 0 Å². The zero-order chi connectivity index (χ0) is 8.32. The molecule has 1 heterocycles. The second kappa shape index (κ2) is 3.74. The number of likely N-dealkylation sites (N-methyl/N-ethyl adjacent to an activating group) is 1. The van der Waals surface area contributed by atoms with E-state index in [9.17, 15) is 0 Å². The van der Waals surface area contributed by atoms with E-state index in [-0.39, 0.29) is 5.50 Å². The van der Waals surface area contributed by atoms with Crippen molar-refractivity contribution >= 4 is 11.6 Å². The molecule has 0 saturated carbocycles. The van der Waals surface area contributed by atoms with Gasteiger partial charge in [-0.15, -0.1) is 0 Å². The van der Waals surface area contributed by atoms with Crippen LogP contribution in [0.3, 0.4) is 0 Å². The van der Waals surface area contributed by atoms with E-state index in [1.165, 1.54) is 32.4 Å². The van der Waals surface area contributed by atoms with Crippen LogP contribution < -0.4 is 5.73 Å². The molecule has 0 bridgehead atoms. The van der Waals surface area contributed by atoms with Crippen molar-refractivity contribution in [3.05, 3.63) is 0 Å². The largest absolute Gasteiger partial charge is 0.324 e. The summed E-state index contributed by atoms with van der Waals surface area (Å²) in [5, 5.41) is 0. The van der Waals surface area contributed by atoms with E-state index in [1.54, 1.807) is 0 Å². The van der Waals surface area contributed by atoms with Gasteiger partial charge in [0.1, 0.15) is 12.0 Å². The molecule has 1 saturated heterocycles. The van der Waals surface area contributed by atoms with Crippen molar-refractivity contribution in [2.45, 2.75) is 24.8 Å². The van der Waals surface area contributed by atoms with Gasteiger partial charge in [0, 0.05) is 0 Å². The molecule has 2 nitrogen and oxygen atoms in total. The third-order valence-corrected chi connectivity index (χ3v) is 2.65. The van der Waals surface area contributed by atoms with Crippen molar-refractivity contribution < 1.29 is 4.48 Å². The molecule has 1 unspecified atom stereocenters. The van der Waals surface area contributed by atoms with E-state index in [4.69, 9.17) is 17.3 Å². The summed E-state index contributed by atoms with van der Waals surface area (Å²) in [5.74, 6) is 0. The lowest BCUT2D eigenvalue weighted by atomic mass is 10.1. The summed E-state index contributed by atoms with van der Waals surface area (Å²) in [7, 11) is 2.25. The van der Waals surface area contributed by atoms with E-state index >= 15 is 0 Å². The lowest BCUT2D eigenvalue weighted by molar-refractivity contribution is -0.913. The minimum atomic E-state index is -0.168. The SMILES string of the molecule is C[N+]1(CC(N)Cl)CCCCC1. The van der Waals surface area contributed by atoms with Crippen molar-refractivity contribution in [3.63, 3.8) is 0 Å². The first kappa shape index (κ1) is 9.30. The van der Waals surface area contributed by atoms with Gasteiger partial charge in [0.2, 0.25) is 0 Å². The second-order valence-electron chi connectivity index (χ2n) is 3.83. The number of nitrogens with two attached hydrogens (primary N) is 1. The Hall–Kier alpha value is 0.210. The molecule has 1 atom stereocenters. The Morgan fingerprint density at radius 2 is 1.91 bits per heavy atom. The predicted octanol–water partition coefficient (Wildman–Crippen LogP) is 1.14. The van der Waals surface area contributed by atoms with Crippen molar-refractivity contribution in [2.24, 2.45) is 5.73 Å². The molecule has 0 aromatic heterocycles. The summed E-state index contributed by atoms with van der Waals surface area (Å²) < 4.78 is 1.07. The number of nitrogens with zero attached hydrogens (tertiary/aromatic N) is 1. The summed E-state index contributed by atoms with van der Waals surface area (Å²) in [6, 6.07) is 0. The zero-order valence-electron chi connectivity index (χ0n) is 7.22. The summed E-state index contributed by atoms with van der Waals surface area (Å²) in [5.41, 5.74) is 5.39. The van der Waals surface area contributed by atoms with Crippen LogP contribution in [-0.2, 0) is 0 Å². The molecule has 0 radical (unpaired) electrons. The van der Waals surface area contributed by atoms with Crippen molar-refractivity contribution in [3.8, 4) is 0 Å². The Balaban J connectivity index is 2.37. The van der Waals surface area contributed by atoms with Gasteiger partial charge in [-0.3, -0.25) is 0 Å². The van der Waals surface area contributed by atoms with Gasteiger partial charge in [0.15, 0.2) is 0 Å². The quantitative estimate of drug-likeness (QED) is 0.382. The van der Waals surface area contributed by atoms with Gasteiger partial charge in [-0.05, 0) is 19.3 Å². The fourth-order valence-electron chi connectivity index (χ4n) is 1.88. The lowest BCUT2D eigenvalue weighted by Crippen LogP contribution is -2.52. The monoisotopic (exact) mass is 177 g/mol. The van der Waals surface area contributed by atoms with E-state index < -0.39 is 0 Å². The van der Waals surface area contributed by atoms with Crippen molar-refractivity contribution in [1.82, 2.24) is 0 Å². The Morgan fingerprint density at radius 1 is 1.36 bits per heavy atom. The molecule has 66 valence electrons. The predicted molar refractivity (Wildman–Crippen MR) is 48.5 cm³/mol. The highest BCUT2D eigenvalue weighted by Gasteiger charge is 2.25. The third-order valence-electron chi connectivity index (χ3n) is 2.51. The van der Waals surface area contributed by atoms with Crippen molar-refractivity contribution in [2.75, 3.05) is 26.7 Å². The number of halogens is 1. The number of hydrogen-bond acceptors (Lipinski definition) is 1. The van der Waals surface area contributed by atoms with Gasteiger partial charge in [0.25, 0.3) is 0 Å². The van der Waals surface area contributed by atoms with Crippen LogP contribution in [0, 0.1) is 0 Å². The fourth-order valence-corrected chi connectivity index (χ4v) is 2.21. The van der Waals surface area contributed by atoms with Gasteiger partial charge in [-0.1, -0.05) is 11.6 Å². The normalized spacial score (nSPS) is 26.5. The highest BCUT2D eigenvalue weighted by molar-refractivity contribution is 6.20. The van der Waals surface area contributed by atoms with Gasteiger partial charge in [0.05, 0.1) is 20.1 Å². The average molecular weight is 178 g/mol. The maximum atomic E-state index is 5.76. The molecular weight excluding hydrogens is 160 g/mol. The molecule has 1 aliphatic heterocycles. The number of alkyl halides is 1. The first-order valence-electron chi connectivity index (χ1n) is 4.36. The number of hydrogen-bond donors (Lipinski definition) is 1. The van der Waals surface area contributed by atoms with E-state index in [0.29, 0.717) is 0 Å². The van der Waals surface area contributed by atoms with E-state index in [2.05, 4.69) is 7.05 Å². The maximum Gasteiger partial charge on any atom is 0.130 e. The minimum Gasteiger partial charge on any atom is -0.324 e. The van der Waals surface area contributed by atoms with Gasteiger partial charge >= 0.3 is 0 Å². The van der Waals surface area contributed by atoms with E-state index in [1.807, 2.05) is 0 Å². The van der Waals surface area contributed by atoms with Crippen LogP contribution in [0.25, 0.3) is 0 Å². The van der Waals surface area contributed by atoms with Gasteiger partial charge in [-0.2, -0.15) is 0 Å². The maximum absolute atomic E-state index is 5.76. The molecule has 0 aromatic carbocycles. The third kappa shape index (κ3) is 2.97. The van der Waals surface area contributed by atoms with Crippen LogP contribution in [-0.4, -0.2) is 36.7 Å². The highest BCUT2D eigenvalue weighted by atomic mass is 35.5. The molecule has 3 heteroatoms. The molecule has 0 aliphatic carbocycles. The summed E-state index contributed by atoms with van der Waals surface area (Å²) in [6.07, 6.45) is 4.05. The molecule has 1 aliphatic rings. The number of piperidine rings is 1. The number of rotatable bonds is 2. The van der Waals surface area contributed by atoms with Gasteiger partial charge in [-0.25, -0.2) is 0 Å². The smallest absolute Gasteiger partial charge is 0.130 e. The van der Waals surface area contributed by atoms with Gasteiger partial charge < -0.3 is 10.2 Å². The van der Waals surface area contributed by atoms with Crippen LogP contribution in [0.1, 0.15) is 19.3 Å². The fraction of sp³-hybridized carbons (Fsp3) is 1.00. The highest BCUT2D eigenvalue weighted by Crippen LogP contribution is 2.16. The van der Waals surface area contributed by atoms with Crippen LogP contribution >= 0.6 is 11.6 Å². The molecule has 2 N–H and O–H groups in total. The average Bonchev–Trinajstić information content (AvgIpc) is 1.85. The summed E-state index contributed by atoms with van der Waals surface area (Å²) in [4.78, 5) is 0. The number of likely N-dealkylation sites (tertiary alicyclic amines) is 1.